The standard InChI is InChI=1S/C6H8O7.C3H6O3.Ca.3Na.5H/c7-3(8)1-6(13,5(11)12)2-4(9)10;1-2(4)3(5)6;;;;;;;;;/h13H,1-2H2,(H,7,8)(H,9,10)(H,11,12);2,4H,1H3,(H,5,6);;;;;;;;;. The average molecular weight is 396 g/mol. The molecule has 0 spiro atoms. The summed E-state index contributed by atoms with van der Waals surface area (Å²) < 4.78 is 0. The molecule has 23 heavy (non-hydrogen) atoms. The number of hydrogen-bond acceptors (Lipinski definition) is 6. The van der Waals surface area contributed by atoms with Crippen LogP contribution < -0.4 is 0 Å². The Morgan fingerprint density at radius 2 is 1.09 bits per heavy atom. The van der Waals surface area contributed by atoms with E-state index in [4.69, 9.17) is 30.6 Å². The van der Waals surface area contributed by atoms with Gasteiger partial charge in [0.1, 0.15) is 6.10 Å². The van der Waals surface area contributed by atoms with E-state index in [2.05, 4.69) is 0 Å². The van der Waals surface area contributed by atoms with Gasteiger partial charge in [0.15, 0.2) is 5.60 Å². The maximum absolute atomic E-state index is 10.3. The predicted molar refractivity (Wildman–Crippen MR) is 86.4 cm³/mol. The molecule has 14 heteroatoms. The van der Waals surface area contributed by atoms with Gasteiger partial charge in [-0.3, -0.25) is 9.59 Å². The Bertz CT molecular complexity index is 361. The second kappa shape index (κ2) is 20.4. The number of aliphatic hydroxyl groups excluding tert-OH is 1. The first-order valence-electron chi connectivity index (χ1n) is 4.72. The van der Waals surface area contributed by atoms with E-state index in [1.54, 1.807) is 0 Å². The molecule has 6 N–H and O–H groups in total. The molecule has 0 bridgehead atoms. The molecule has 0 aromatic carbocycles. The molecule has 1 atom stereocenters. The predicted octanol–water partition coefficient (Wildman–Crippen LogP) is -4.66. The van der Waals surface area contributed by atoms with Crippen LogP contribution >= 0.6 is 0 Å². The molecular weight excluding hydrogens is 377 g/mol. The second-order valence-electron chi connectivity index (χ2n) is 3.49. The van der Waals surface area contributed by atoms with Crippen molar-refractivity contribution in [3.63, 3.8) is 0 Å². The molecule has 0 saturated heterocycles. The summed E-state index contributed by atoms with van der Waals surface area (Å²) in [6, 6.07) is 0. The topological polar surface area (TPSA) is 190 Å². The van der Waals surface area contributed by atoms with Gasteiger partial charge in [-0.2, -0.15) is 0 Å². The first-order chi connectivity index (χ1) is 8.42. The molecule has 0 aliphatic heterocycles. The first-order valence-corrected chi connectivity index (χ1v) is 4.72. The summed E-state index contributed by atoms with van der Waals surface area (Å²) in [5, 5.41) is 49.6. The Morgan fingerprint density at radius 1 is 0.870 bits per heavy atom. The summed E-state index contributed by atoms with van der Waals surface area (Å²) in [4.78, 5) is 39.9. The monoisotopic (exact) mass is 396 g/mol. The Morgan fingerprint density at radius 3 is 1.17 bits per heavy atom. The maximum atomic E-state index is 10.3. The first kappa shape index (κ1) is 39.9. The molecule has 0 aliphatic rings. The van der Waals surface area contributed by atoms with E-state index < -0.39 is 48.4 Å². The van der Waals surface area contributed by atoms with Gasteiger partial charge in [0.25, 0.3) is 0 Å². The SMILES string of the molecule is CC(O)C(=O)O.O=C(O)CC(O)(CC(=O)O)C(=O)O.[CaH2].[NaH].[NaH].[NaH]. The number of aliphatic hydroxyl groups is 2. The third kappa shape index (κ3) is 24.1. The molecule has 0 amide bonds. The van der Waals surface area contributed by atoms with Crippen LogP contribution in [0.3, 0.4) is 0 Å². The fourth-order valence-electron chi connectivity index (χ4n) is 0.714. The number of carbonyl (C=O) groups is 4. The summed E-state index contributed by atoms with van der Waals surface area (Å²) in [6.45, 7) is 1.20. The van der Waals surface area contributed by atoms with E-state index in [1.165, 1.54) is 6.92 Å². The van der Waals surface area contributed by atoms with Gasteiger partial charge < -0.3 is 30.6 Å². The normalized spacial score (nSPS) is 9.70. The molecule has 0 aromatic heterocycles. The number of carboxylic acid groups (broad SMARTS) is 4. The van der Waals surface area contributed by atoms with Gasteiger partial charge in [0, 0.05) is 0 Å². The van der Waals surface area contributed by atoms with Gasteiger partial charge in [-0.05, 0) is 6.92 Å². The summed E-state index contributed by atoms with van der Waals surface area (Å²) in [7, 11) is 0. The van der Waals surface area contributed by atoms with Crippen LogP contribution in [-0.4, -0.2) is 193 Å². The van der Waals surface area contributed by atoms with Crippen molar-refractivity contribution >= 4 is 150 Å². The molecule has 0 rings (SSSR count). The second-order valence-corrected chi connectivity index (χ2v) is 3.49. The van der Waals surface area contributed by atoms with E-state index >= 15 is 0 Å². The zero-order valence-electron chi connectivity index (χ0n) is 9.81. The zero-order valence-corrected chi connectivity index (χ0v) is 9.81. The van der Waals surface area contributed by atoms with Crippen LogP contribution in [0.1, 0.15) is 19.8 Å². The fraction of sp³-hybridized carbons (Fsp3) is 0.556. The van der Waals surface area contributed by atoms with Crippen molar-refractivity contribution in [2.75, 3.05) is 0 Å². The van der Waals surface area contributed by atoms with Crippen LogP contribution in [-0.2, 0) is 19.2 Å². The van der Waals surface area contributed by atoms with Crippen LogP contribution in [0.2, 0.25) is 0 Å². The molecule has 1 unspecified atom stereocenters. The van der Waals surface area contributed by atoms with E-state index in [-0.39, 0.29) is 126 Å². The number of aliphatic carboxylic acids is 4. The number of hydrogen-bond donors (Lipinski definition) is 6. The summed E-state index contributed by atoms with van der Waals surface area (Å²) in [5.41, 5.74) is -2.74. The van der Waals surface area contributed by atoms with Crippen LogP contribution in [0.5, 0.6) is 0 Å². The third-order valence-corrected chi connectivity index (χ3v) is 1.64. The van der Waals surface area contributed by atoms with Gasteiger partial charge in [0.05, 0.1) is 12.8 Å². The number of carboxylic acids is 4. The van der Waals surface area contributed by atoms with Crippen molar-refractivity contribution in [2.24, 2.45) is 0 Å². The summed E-state index contributed by atoms with van der Waals surface area (Å²) in [6.07, 6.45) is -3.52. The third-order valence-electron chi connectivity index (χ3n) is 1.64. The van der Waals surface area contributed by atoms with Crippen LogP contribution in [0.25, 0.3) is 0 Å². The molecule has 0 aliphatic carbocycles. The molecule has 10 nitrogen and oxygen atoms in total. The average Bonchev–Trinajstić information content (AvgIpc) is 2.14. The molecule has 0 fully saturated rings. The zero-order chi connectivity index (χ0) is 15.8. The van der Waals surface area contributed by atoms with Crippen molar-refractivity contribution in [1.82, 2.24) is 0 Å². The van der Waals surface area contributed by atoms with Crippen LogP contribution in [0.15, 0.2) is 0 Å². The Labute approximate surface area is 227 Å². The van der Waals surface area contributed by atoms with E-state index in [9.17, 15) is 19.2 Å². The van der Waals surface area contributed by atoms with Gasteiger partial charge in [-0.1, -0.05) is 0 Å². The summed E-state index contributed by atoms with van der Waals surface area (Å²) >= 11 is 0. The quantitative estimate of drug-likeness (QED) is 0.238. The molecule has 0 radical (unpaired) electrons. The Balaban J connectivity index is -0.0000000635. The molecule has 0 heterocycles. The fourth-order valence-corrected chi connectivity index (χ4v) is 0.714. The van der Waals surface area contributed by atoms with E-state index in [0.717, 1.165) is 0 Å². The molecule has 0 aromatic rings. The Kier molecular flexibility index (Phi) is 35.4. The van der Waals surface area contributed by atoms with E-state index in [1.807, 2.05) is 0 Å². The Hall–Kier alpha value is 2.06. The molecular formula is C9H19CaNa3O10. The van der Waals surface area contributed by atoms with Gasteiger partial charge in [-0.15, -0.1) is 0 Å². The van der Waals surface area contributed by atoms with Crippen molar-refractivity contribution in [3.05, 3.63) is 0 Å². The van der Waals surface area contributed by atoms with Crippen molar-refractivity contribution in [1.29, 1.82) is 0 Å². The van der Waals surface area contributed by atoms with Crippen LogP contribution in [0, 0.1) is 0 Å². The van der Waals surface area contributed by atoms with Crippen LogP contribution in [0.4, 0.5) is 0 Å². The van der Waals surface area contributed by atoms with E-state index in [0.29, 0.717) is 0 Å². The molecule has 0 saturated carbocycles. The van der Waals surface area contributed by atoms with Gasteiger partial charge in [0.2, 0.25) is 0 Å². The van der Waals surface area contributed by atoms with Crippen molar-refractivity contribution < 1.29 is 49.8 Å². The van der Waals surface area contributed by atoms with Gasteiger partial charge in [-0.25, -0.2) is 9.59 Å². The minimum atomic E-state index is -2.74. The number of rotatable bonds is 6. The summed E-state index contributed by atoms with van der Waals surface area (Å²) in [5.74, 6) is -6.20. The molecule has 120 valence electrons. The van der Waals surface area contributed by atoms with Crippen molar-refractivity contribution in [2.45, 2.75) is 31.5 Å². The van der Waals surface area contributed by atoms with Gasteiger partial charge >= 0.3 is 150 Å². The minimum absolute atomic E-state index is 0. The van der Waals surface area contributed by atoms with Crippen molar-refractivity contribution in [3.8, 4) is 0 Å².